The Morgan fingerprint density at radius 2 is 1.84 bits per heavy atom. The minimum atomic E-state index is -0.231. The van der Waals surface area contributed by atoms with Gasteiger partial charge in [-0.15, -0.1) is 0 Å². The second-order valence-electron chi connectivity index (χ2n) is 12.4. The third-order valence-electron chi connectivity index (χ3n) is 10.1. The van der Waals surface area contributed by atoms with Crippen molar-refractivity contribution >= 4 is 5.91 Å². The van der Waals surface area contributed by atoms with Crippen LogP contribution in [0.25, 0.3) is 0 Å². The first-order chi connectivity index (χ1) is 18.0. The Kier molecular flexibility index (Phi) is 7.11. The van der Waals surface area contributed by atoms with E-state index in [0.717, 1.165) is 51.1 Å². The number of amides is 1. The van der Waals surface area contributed by atoms with Crippen LogP contribution >= 0.6 is 0 Å². The van der Waals surface area contributed by atoms with Crippen LogP contribution in [-0.2, 0) is 16.6 Å². The van der Waals surface area contributed by atoms with Gasteiger partial charge in [-0.1, -0.05) is 55.7 Å². The van der Waals surface area contributed by atoms with Gasteiger partial charge in [0.1, 0.15) is 0 Å². The molecule has 3 aliphatic heterocycles. The van der Waals surface area contributed by atoms with Crippen molar-refractivity contribution in [3.8, 4) is 0 Å². The standard InChI is InChI=1S/C32H44N4O/c1-22-13-14-27-29(35-22)17-23(2)34-21-32(27)20-33-19-28(32)31(37)36-16-15-26(24-9-5-3-6-10-24)18-30(36)25-11-7-4-8-12-25/h3,5-6,9-10,13-14,23,25-26,28,30,33-34H,4,7-8,11-12,15-21H2,1-2H3/t23?,26-,28?,30+,32-/m1/s1. The number of rotatable bonds is 3. The van der Waals surface area contributed by atoms with Gasteiger partial charge in [-0.3, -0.25) is 9.78 Å². The highest BCUT2D eigenvalue weighted by molar-refractivity contribution is 5.82. The van der Waals surface area contributed by atoms with E-state index in [2.05, 4.69) is 71.8 Å². The van der Waals surface area contributed by atoms with Crippen LogP contribution in [0, 0.1) is 18.8 Å². The van der Waals surface area contributed by atoms with Crippen LogP contribution in [0.3, 0.4) is 0 Å². The van der Waals surface area contributed by atoms with Crippen LogP contribution in [0.1, 0.15) is 80.3 Å². The zero-order valence-electron chi connectivity index (χ0n) is 22.7. The zero-order valence-corrected chi connectivity index (χ0v) is 22.7. The molecule has 6 rings (SSSR count). The third kappa shape index (κ3) is 4.74. The number of hydrogen-bond acceptors (Lipinski definition) is 4. The molecule has 2 unspecified atom stereocenters. The zero-order chi connectivity index (χ0) is 25.4. The minimum absolute atomic E-state index is 0.0482. The predicted molar refractivity (Wildman–Crippen MR) is 149 cm³/mol. The minimum Gasteiger partial charge on any atom is -0.339 e. The number of aromatic nitrogens is 1. The summed E-state index contributed by atoms with van der Waals surface area (Å²) < 4.78 is 0. The molecule has 4 aliphatic rings. The summed E-state index contributed by atoms with van der Waals surface area (Å²) in [6.45, 7) is 7.66. The van der Waals surface area contributed by atoms with Crippen molar-refractivity contribution in [3.05, 3.63) is 65.0 Å². The largest absolute Gasteiger partial charge is 0.339 e. The molecule has 2 N–H and O–H groups in total. The number of likely N-dealkylation sites (tertiary alicyclic amines) is 1. The number of aryl methyl sites for hydroxylation is 1. The van der Waals surface area contributed by atoms with E-state index < -0.39 is 0 Å². The van der Waals surface area contributed by atoms with Crippen molar-refractivity contribution in [1.82, 2.24) is 20.5 Å². The highest BCUT2D eigenvalue weighted by atomic mass is 16.2. The van der Waals surface area contributed by atoms with Crippen molar-refractivity contribution in [3.63, 3.8) is 0 Å². The van der Waals surface area contributed by atoms with Crippen LogP contribution in [0.4, 0.5) is 0 Å². The number of carbonyl (C=O) groups is 1. The van der Waals surface area contributed by atoms with Crippen LogP contribution in [0.15, 0.2) is 42.5 Å². The Bertz CT molecular complexity index is 1100. The second kappa shape index (κ2) is 10.5. The monoisotopic (exact) mass is 500 g/mol. The van der Waals surface area contributed by atoms with E-state index in [4.69, 9.17) is 4.98 Å². The van der Waals surface area contributed by atoms with Gasteiger partial charge in [-0.2, -0.15) is 0 Å². The lowest BCUT2D eigenvalue weighted by Crippen LogP contribution is -2.56. The SMILES string of the molecule is Cc1ccc2c(n1)CC(C)NC[C@]21CNCC1C(=O)N1CC[C@@H](c2ccccc2)C[C@H]1C1CCCCC1. The number of nitrogens with one attached hydrogen (secondary N) is 2. The Morgan fingerprint density at radius 1 is 1.03 bits per heavy atom. The number of piperidine rings is 1. The van der Waals surface area contributed by atoms with Crippen LogP contribution in [0.5, 0.6) is 0 Å². The fourth-order valence-electron chi connectivity index (χ4n) is 8.05. The van der Waals surface area contributed by atoms with Crippen LogP contribution in [0.2, 0.25) is 0 Å². The summed E-state index contributed by atoms with van der Waals surface area (Å²) in [5.74, 6) is 1.53. The molecule has 2 saturated heterocycles. The summed E-state index contributed by atoms with van der Waals surface area (Å²) in [7, 11) is 0. The van der Waals surface area contributed by atoms with Crippen LogP contribution < -0.4 is 10.6 Å². The summed E-state index contributed by atoms with van der Waals surface area (Å²) >= 11 is 0. The van der Waals surface area contributed by atoms with E-state index in [-0.39, 0.29) is 11.3 Å². The summed E-state index contributed by atoms with van der Waals surface area (Å²) in [6, 6.07) is 16.2. The average molecular weight is 501 g/mol. The molecule has 198 valence electrons. The molecular formula is C32H44N4O. The summed E-state index contributed by atoms with van der Waals surface area (Å²) in [6.07, 6.45) is 9.63. The first-order valence-corrected chi connectivity index (χ1v) is 14.8. The first-order valence-electron chi connectivity index (χ1n) is 14.8. The Hall–Kier alpha value is -2.24. The Balaban J connectivity index is 1.32. The number of pyridine rings is 1. The second-order valence-corrected chi connectivity index (χ2v) is 12.4. The number of nitrogens with zero attached hydrogens (tertiary/aromatic N) is 2. The van der Waals surface area contributed by atoms with Gasteiger partial charge in [0.15, 0.2) is 0 Å². The normalized spacial score (nSPS) is 32.8. The molecule has 1 spiro atoms. The molecule has 37 heavy (non-hydrogen) atoms. The predicted octanol–water partition coefficient (Wildman–Crippen LogP) is 4.74. The quantitative estimate of drug-likeness (QED) is 0.639. The van der Waals surface area contributed by atoms with Gasteiger partial charge < -0.3 is 15.5 Å². The molecule has 5 atom stereocenters. The molecule has 0 bridgehead atoms. The maximum atomic E-state index is 14.7. The van der Waals surface area contributed by atoms with Crippen molar-refractivity contribution in [2.24, 2.45) is 11.8 Å². The third-order valence-corrected chi connectivity index (χ3v) is 10.1. The molecule has 1 aromatic heterocycles. The number of hydrogen-bond donors (Lipinski definition) is 2. The van der Waals surface area contributed by atoms with Gasteiger partial charge in [0.05, 0.1) is 5.92 Å². The van der Waals surface area contributed by atoms with E-state index in [0.29, 0.717) is 29.8 Å². The maximum Gasteiger partial charge on any atom is 0.228 e. The van der Waals surface area contributed by atoms with Gasteiger partial charge in [-0.25, -0.2) is 0 Å². The number of fused-ring (bicyclic) bond motifs is 2. The van der Waals surface area contributed by atoms with Crippen molar-refractivity contribution < 1.29 is 4.79 Å². The van der Waals surface area contributed by atoms with Crippen LogP contribution in [-0.4, -0.2) is 54.1 Å². The van der Waals surface area contributed by atoms with Gasteiger partial charge in [0.25, 0.3) is 0 Å². The van der Waals surface area contributed by atoms with Gasteiger partial charge in [-0.05, 0) is 68.6 Å². The molecule has 1 aromatic carbocycles. The molecule has 0 radical (unpaired) electrons. The van der Waals surface area contributed by atoms with E-state index in [9.17, 15) is 4.79 Å². The van der Waals surface area contributed by atoms with E-state index >= 15 is 0 Å². The van der Waals surface area contributed by atoms with E-state index in [1.165, 1.54) is 48.9 Å². The summed E-state index contributed by atoms with van der Waals surface area (Å²) in [4.78, 5) is 22.0. The molecule has 2 aromatic rings. The first kappa shape index (κ1) is 25.1. The Morgan fingerprint density at radius 3 is 2.65 bits per heavy atom. The lowest BCUT2D eigenvalue weighted by molar-refractivity contribution is -0.142. The van der Waals surface area contributed by atoms with E-state index in [1.54, 1.807) is 0 Å². The van der Waals surface area contributed by atoms with Crippen molar-refractivity contribution in [2.45, 2.75) is 88.6 Å². The summed E-state index contributed by atoms with van der Waals surface area (Å²) in [5, 5.41) is 7.45. The number of benzene rings is 1. The molecule has 1 amide bonds. The number of carbonyl (C=O) groups excluding carboxylic acids is 1. The van der Waals surface area contributed by atoms with Gasteiger partial charge >= 0.3 is 0 Å². The fourth-order valence-corrected chi connectivity index (χ4v) is 8.05. The van der Waals surface area contributed by atoms with E-state index in [1.807, 2.05) is 0 Å². The Labute approximate surface area is 222 Å². The highest BCUT2D eigenvalue weighted by Crippen LogP contribution is 2.44. The smallest absolute Gasteiger partial charge is 0.228 e. The molecule has 1 aliphatic carbocycles. The fraction of sp³-hybridized carbons (Fsp3) is 0.625. The lowest BCUT2D eigenvalue weighted by Gasteiger charge is -2.47. The van der Waals surface area contributed by atoms with Crippen molar-refractivity contribution in [1.29, 1.82) is 0 Å². The van der Waals surface area contributed by atoms with Gasteiger partial charge in [0.2, 0.25) is 5.91 Å². The van der Waals surface area contributed by atoms with Gasteiger partial charge in [0, 0.05) is 61.5 Å². The molecule has 4 heterocycles. The maximum absolute atomic E-state index is 14.7. The molecule has 3 fully saturated rings. The van der Waals surface area contributed by atoms with Crippen molar-refractivity contribution in [2.75, 3.05) is 26.2 Å². The molecule has 5 heteroatoms. The molecular weight excluding hydrogens is 456 g/mol. The molecule has 5 nitrogen and oxygen atoms in total. The lowest BCUT2D eigenvalue weighted by atomic mass is 9.70. The average Bonchev–Trinajstić information content (AvgIpc) is 3.31. The molecule has 1 saturated carbocycles. The topological polar surface area (TPSA) is 57.3 Å². The summed E-state index contributed by atoms with van der Waals surface area (Å²) in [5.41, 5.74) is 4.77. The highest BCUT2D eigenvalue weighted by Gasteiger charge is 2.52.